The number of Topliss-reactive ketones (excluding diaryl/α,β-unsaturated/α-hetero) is 2. The normalized spacial score (nSPS) is 13.9. The molecule has 4 N–H and O–H groups in total. The number of alkyl halides is 1. The molecule has 6 aromatic heterocycles. The predicted octanol–water partition coefficient (Wildman–Crippen LogP) is 14.2. The van der Waals surface area contributed by atoms with Gasteiger partial charge in [0, 0.05) is 118 Å². The zero-order chi connectivity index (χ0) is 72.4. The Morgan fingerprint density at radius 2 is 1.04 bits per heavy atom. The molecule has 0 radical (unpaired) electrons. The number of ether oxygens (including phenoxy) is 3. The molecule has 3 aliphatic carbocycles. The number of carbonyl (C=O) groups is 6. The average Bonchev–Trinajstić information content (AvgIpc) is 1.68. The number of thiocarbonyl (C=S) groups is 1. The molecule has 0 unspecified atom stereocenters. The number of thiazole rings is 2. The number of hydrogen-bond donors (Lipinski definition) is 2. The zero-order valence-electron chi connectivity index (χ0n) is 57.5. The fourth-order valence-corrected chi connectivity index (χ4v) is 12.1. The molecule has 1 amide bonds. The van der Waals surface area contributed by atoms with Crippen LogP contribution < -0.4 is 17.0 Å². The van der Waals surface area contributed by atoms with Crippen molar-refractivity contribution >= 4 is 108 Å². The van der Waals surface area contributed by atoms with Crippen molar-refractivity contribution in [3.8, 4) is 0 Å². The Labute approximate surface area is 593 Å². The lowest BCUT2D eigenvalue weighted by Gasteiger charge is -2.20. The second-order valence-corrected chi connectivity index (χ2v) is 29.5. The van der Waals surface area contributed by atoms with E-state index in [4.69, 9.17) is 47.9 Å². The molecule has 4 atom stereocenters. The van der Waals surface area contributed by atoms with Crippen LogP contribution in [-0.4, -0.2) is 92.0 Å². The number of amides is 1. The summed E-state index contributed by atoms with van der Waals surface area (Å²) in [5.41, 5.74) is 20.2. The van der Waals surface area contributed by atoms with Crippen LogP contribution in [0.1, 0.15) is 199 Å². The number of carbonyl (C=O) groups excluding carboxylic acids is 6. The Bertz CT molecular complexity index is 4150. The molecular weight excluding hydrogens is 1370 g/mol. The lowest BCUT2D eigenvalue weighted by Crippen LogP contribution is -2.28. The lowest BCUT2D eigenvalue weighted by molar-refractivity contribution is -0.157. The molecule has 3 aliphatic rings. The Morgan fingerprint density at radius 1 is 0.592 bits per heavy atom. The average molecular weight is 1460 g/mol. The number of nitrogens with two attached hydrogens (primary N) is 2. The van der Waals surface area contributed by atoms with Gasteiger partial charge in [-0.3, -0.25) is 48.5 Å². The molecule has 10 rings (SSSR count). The maximum Gasteiger partial charge on any atom is 0.307 e. The van der Waals surface area contributed by atoms with E-state index in [1.807, 2.05) is 110 Å². The molecule has 18 nitrogen and oxygen atoms in total. The smallest absolute Gasteiger partial charge is 0.307 e. The Hall–Kier alpha value is -8.45. The van der Waals surface area contributed by atoms with Gasteiger partial charge in [-0.25, -0.2) is 18.7 Å². The van der Waals surface area contributed by atoms with E-state index in [9.17, 15) is 42.3 Å². The van der Waals surface area contributed by atoms with Crippen molar-refractivity contribution in [2.75, 3.05) is 5.33 Å². The van der Waals surface area contributed by atoms with Crippen LogP contribution >= 0.6 is 50.8 Å². The summed E-state index contributed by atoms with van der Waals surface area (Å²) in [6, 6.07) is 18.4. The summed E-state index contributed by atoms with van der Waals surface area (Å²) in [6.45, 7) is 23.9. The maximum absolute atomic E-state index is 13.5. The van der Waals surface area contributed by atoms with Crippen LogP contribution in [0.25, 0.3) is 16.7 Å². The van der Waals surface area contributed by atoms with Gasteiger partial charge >= 0.3 is 17.9 Å². The van der Waals surface area contributed by atoms with Crippen LogP contribution in [0.5, 0.6) is 0 Å². The Kier molecular flexibility index (Phi) is 28.3. The van der Waals surface area contributed by atoms with Crippen molar-refractivity contribution < 1.29 is 51.8 Å². The highest BCUT2D eigenvalue weighted by Crippen LogP contribution is 2.36. The molecule has 0 saturated carbocycles. The van der Waals surface area contributed by atoms with E-state index in [2.05, 4.69) is 54.5 Å². The largest absolute Gasteiger partial charge is 0.460 e. The van der Waals surface area contributed by atoms with Crippen LogP contribution in [0.15, 0.2) is 125 Å². The van der Waals surface area contributed by atoms with E-state index in [0.717, 1.165) is 103 Å². The summed E-state index contributed by atoms with van der Waals surface area (Å²) in [7, 11) is 0. The van der Waals surface area contributed by atoms with Gasteiger partial charge in [-0.05, 0) is 110 Å². The fraction of sp³-hybridized carbons (Fsp3) is 0.392. The summed E-state index contributed by atoms with van der Waals surface area (Å²) < 4.78 is 43.6. The molecule has 520 valence electrons. The number of rotatable bonds is 19. The third-order valence-electron chi connectivity index (χ3n) is 14.7. The Morgan fingerprint density at radius 3 is 1.50 bits per heavy atom. The number of benzene rings is 1. The summed E-state index contributed by atoms with van der Waals surface area (Å²) in [5, 5.41) is 6.22. The number of halogens is 3. The van der Waals surface area contributed by atoms with Crippen molar-refractivity contribution in [1.29, 1.82) is 0 Å². The molecule has 0 saturated heterocycles. The number of nitrogens with zero attached hydrogens (tertiary/aromatic N) is 6. The first kappa shape index (κ1) is 78.5. The Balaban J connectivity index is 0.000000209. The molecule has 0 bridgehead atoms. The van der Waals surface area contributed by atoms with E-state index in [0.29, 0.717) is 22.3 Å². The number of fused-ring (bicyclic) bond motifs is 3. The summed E-state index contributed by atoms with van der Waals surface area (Å²) >= 11 is 11.0. The number of pyridine rings is 4. The topological polar surface area (TPSA) is 269 Å². The number of esters is 3. The number of hydrogen-bond acceptors (Lipinski definition) is 18. The van der Waals surface area contributed by atoms with Crippen molar-refractivity contribution in [1.82, 2.24) is 29.5 Å². The van der Waals surface area contributed by atoms with E-state index in [1.54, 1.807) is 57.5 Å². The highest BCUT2D eigenvalue weighted by molar-refractivity contribution is 9.09. The zero-order valence-corrected chi connectivity index (χ0v) is 61.5. The van der Waals surface area contributed by atoms with Crippen LogP contribution in [0.4, 0.5) is 8.78 Å². The fourth-order valence-electron chi connectivity index (χ4n) is 9.93. The first-order valence-corrected chi connectivity index (χ1v) is 35.1. The summed E-state index contributed by atoms with van der Waals surface area (Å²) in [5.74, 6) is -4.06. The van der Waals surface area contributed by atoms with E-state index in [-0.39, 0.29) is 78.6 Å². The predicted molar refractivity (Wildman–Crippen MR) is 387 cm³/mol. The van der Waals surface area contributed by atoms with Gasteiger partial charge in [0.2, 0.25) is 5.91 Å². The van der Waals surface area contributed by atoms with Crippen LogP contribution in [0.2, 0.25) is 0 Å². The highest BCUT2D eigenvalue weighted by Gasteiger charge is 2.27. The van der Waals surface area contributed by atoms with Gasteiger partial charge in [-0.15, -0.1) is 22.7 Å². The number of primary amides is 1. The molecule has 98 heavy (non-hydrogen) atoms. The third-order valence-corrected chi connectivity index (χ3v) is 17.8. The van der Waals surface area contributed by atoms with Gasteiger partial charge in [0.25, 0.3) is 5.56 Å². The van der Waals surface area contributed by atoms with E-state index >= 15 is 0 Å². The van der Waals surface area contributed by atoms with Gasteiger partial charge in [0.15, 0.2) is 23.2 Å². The number of allylic oxidation sites excluding steroid dienone is 4. The molecule has 7 aromatic rings. The molecular formula is C74H85BrF2N8O10S3. The molecule has 6 heterocycles. The summed E-state index contributed by atoms with van der Waals surface area (Å²) in [6.07, 6.45) is 16.3. The molecule has 1 aromatic carbocycles. The number of aromatic nitrogens is 6. The standard InChI is InChI=1S/C27H21F2N3O2S.C19H22N2O2S.C10H8BrNO.C9H17NO3.C9H17NO2S/c1-16(26-31-24(15-35-26)19-7-9-23-18(19)4-2-10-30-23)12-25(33)20-5-3-11-32(27(20)34)14-17-6-8-21(28)22(29)13-17;1-12(10-17(22)23-19(2,3)4)18-21-16(11-24-18)14-7-8-15-13(14)6-5-9-20-15;11-6-10(13)8-3-4-9-7(8)2-1-5-12-9;1-6(8(10)12)5-7(11)13-9(2,3)4;1-6(8(10)13)5-7(11)12-9(2,3)4/h2-8,10-11,13,15-16H,9,12,14H2,1H3;5-7,9,11-12H,8,10H2,1-4H3;1-3,5H,4,6H2;6H,5H2,1-4H3,(H2,10,12);6H,5H2,1-4H3,(H2,10,13)/t16-;12-;;2*6-/m00.00/s1. The van der Waals surface area contributed by atoms with Gasteiger partial charge in [0.05, 0.1) is 80.2 Å². The van der Waals surface area contributed by atoms with Gasteiger partial charge in [-0.1, -0.05) is 98.3 Å². The minimum absolute atomic E-state index is 0.0357. The van der Waals surface area contributed by atoms with Crippen molar-refractivity contribution in [2.45, 2.75) is 170 Å². The van der Waals surface area contributed by atoms with Crippen LogP contribution in [-0.2, 0) is 64.0 Å². The third kappa shape index (κ3) is 23.9. The first-order valence-electron chi connectivity index (χ1n) is 31.9. The monoisotopic (exact) mass is 1460 g/mol. The van der Waals surface area contributed by atoms with Gasteiger partial charge in [0.1, 0.15) is 16.8 Å². The molecule has 24 heteroatoms. The van der Waals surface area contributed by atoms with Crippen LogP contribution in [0.3, 0.4) is 0 Å². The minimum atomic E-state index is -0.979. The minimum Gasteiger partial charge on any atom is -0.460 e. The van der Waals surface area contributed by atoms with Crippen molar-refractivity contribution in [2.24, 2.45) is 23.3 Å². The summed E-state index contributed by atoms with van der Waals surface area (Å²) in [4.78, 5) is 105. The quantitative estimate of drug-likeness (QED) is 0.0250. The lowest BCUT2D eigenvalue weighted by atomic mass is 10.0. The molecule has 0 spiro atoms. The molecule has 0 aliphatic heterocycles. The van der Waals surface area contributed by atoms with Crippen LogP contribution in [0, 0.1) is 23.5 Å². The maximum atomic E-state index is 13.5. The van der Waals surface area contributed by atoms with E-state index < -0.39 is 45.8 Å². The second kappa shape index (κ2) is 35.4. The number of ketones is 2. The van der Waals surface area contributed by atoms with Crippen molar-refractivity contribution in [3.63, 3.8) is 0 Å². The molecule has 0 fully saturated rings. The highest BCUT2D eigenvalue weighted by atomic mass is 79.9. The van der Waals surface area contributed by atoms with Gasteiger partial charge in [-0.2, -0.15) is 0 Å². The first-order chi connectivity index (χ1) is 46.0. The van der Waals surface area contributed by atoms with E-state index in [1.165, 1.54) is 34.2 Å². The van der Waals surface area contributed by atoms with Gasteiger partial charge < -0.3 is 30.2 Å². The van der Waals surface area contributed by atoms with Crippen molar-refractivity contribution in [3.05, 3.63) is 209 Å². The SMILES string of the molecule is C[C@@H](CC(=O)OC(C)(C)C)C(N)=O.C[C@@H](CC(=O)OC(C)(C)C)C(N)=S.C[C@@H](CC(=O)OC(C)(C)C)c1nc(C2=CCc3ncccc32)cs1.C[C@@H](CC(=O)c1cccn(Cc2ccc(F)c(F)c2)c1=O)c1nc(C2=CCc3ncccc32)cs1.O=C(CBr)C1=CCc2ncccc21. The second-order valence-electron chi connectivity index (χ2n) is 26.7.